The molecule has 0 aromatic heterocycles. The summed E-state index contributed by atoms with van der Waals surface area (Å²) in [5.74, 6) is 0.498. The van der Waals surface area contributed by atoms with E-state index < -0.39 is 0 Å². The van der Waals surface area contributed by atoms with E-state index in [4.69, 9.17) is 9.84 Å². The van der Waals surface area contributed by atoms with Crippen molar-refractivity contribution < 1.29 is 9.84 Å². The van der Waals surface area contributed by atoms with Crippen LogP contribution in [-0.4, -0.2) is 29.7 Å². The number of ether oxygens (including phenoxy) is 1. The van der Waals surface area contributed by atoms with Crippen LogP contribution in [0.4, 0.5) is 0 Å². The molecule has 0 unspecified atom stereocenters. The van der Waals surface area contributed by atoms with Crippen molar-refractivity contribution in [2.45, 2.75) is 19.8 Å². The summed E-state index contributed by atoms with van der Waals surface area (Å²) < 4.78 is 5.40. The lowest BCUT2D eigenvalue weighted by Crippen LogP contribution is -2.47. The fourth-order valence-electron chi connectivity index (χ4n) is 2.50. The Morgan fingerprint density at radius 2 is 2.06 bits per heavy atom. The first kappa shape index (κ1) is 10.3. The second-order valence-corrected chi connectivity index (χ2v) is 4.84. The van der Waals surface area contributed by atoms with Gasteiger partial charge in [0, 0.05) is 32.2 Å². The molecular weight excluding hydrogens is 202 g/mol. The summed E-state index contributed by atoms with van der Waals surface area (Å²) in [7, 11) is 0. The van der Waals surface area contributed by atoms with Crippen LogP contribution in [0, 0.1) is 5.92 Å². The van der Waals surface area contributed by atoms with Crippen LogP contribution in [0.25, 0.3) is 0 Å². The molecule has 2 aliphatic rings. The Morgan fingerprint density at radius 3 is 2.88 bits per heavy atom. The largest absolute Gasteiger partial charge is 0.396 e. The van der Waals surface area contributed by atoms with Gasteiger partial charge in [-0.3, -0.25) is 4.90 Å². The highest BCUT2D eigenvalue weighted by molar-refractivity contribution is 5.33. The molecule has 3 heteroatoms. The predicted molar refractivity (Wildman–Crippen MR) is 60.8 cm³/mol. The Kier molecular flexibility index (Phi) is 2.67. The standard InChI is InChI=1S/C13H17NO2/c15-7-11-5-14(6-11)4-10-1-2-12-8-16-9-13(12)3-10/h1-3,11,15H,4-9H2. The lowest BCUT2D eigenvalue weighted by atomic mass is 9.99. The monoisotopic (exact) mass is 219 g/mol. The van der Waals surface area contributed by atoms with Crippen molar-refractivity contribution in [3.63, 3.8) is 0 Å². The topological polar surface area (TPSA) is 32.7 Å². The van der Waals surface area contributed by atoms with Gasteiger partial charge in [0.05, 0.1) is 13.2 Å². The van der Waals surface area contributed by atoms with Crippen molar-refractivity contribution in [3.05, 3.63) is 34.9 Å². The average Bonchev–Trinajstić information content (AvgIpc) is 2.69. The first-order valence-corrected chi connectivity index (χ1v) is 5.87. The van der Waals surface area contributed by atoms with Gasteiger partial charge in [-0.25, -0.2) is 0 Å². The van der Waals surface area contributed by atoms with Crippen LogP contribution in [-0.2, 0) is 24.5 Å². The van der Waals surface area contributed by atoms with Gasteiger partial charge >= 0.3 is 0 Å². The van der Waals surface area contributed by atoms with Crippen LogP contribution in [0.2, 0.25) is 0 Å². The van der Waals surface area contributed by atoms with Crippen LogP contribution < -0.4 is 0 Å². The van der Waals surface area contributed by atoms with E-state index in [2.05, 4.69) is 23.1 Å². The zero-order chi connectivity index (χ0) is 11.0. The van der Waals surface area contributed by atoms with Gasteiger partial charge in [-0.15, -0.1) is 0 Å². The highest BCUT2D eigenvalue weighted by Crippen LogP contribution is 2.23. The Hall–Kier alpha value is -0.900. The summed E-state index contributed by atoms with van der Waals surface area (Å²) in [5.41, 5.74) is 4.04. The first-order valence-electron chi connectivity index (χ1n) is 5.87. The fraction of sp³-hybridized carbons (Fsp3) is 0.538. The van der Waals surface area contributed by atoms with E-state index in [0.717, 1.165) is 32.8 Å². The molecule has 1 aromatic rings. The molecule has 86 valence electrons. The summed E-state index contributed by atoms with van der Waals surface area (Å²) in [6, 6.07) is 6.63. The van der Waals surface area contributed by atoms with Crippen molar-refractivity contribution in [1.29, 1.82) is 0 Å². The number of rotatable bonds is 3. The van der Waals surface area contributed by atoms with Crippen LogP contribution in [0.1, 0.15) is 16.7 Å². The second kappa shape index (κ2) is 4.17. The number of hydrogen-bond acceptors (Lipinski definition) is 3. The Bertz CT molecular complexity index is 386. The SMILES string of the molecule is OCC1CN(Cc2ccc3c(c2)COC3)C1. The average molecular weight is 219 g/mol. The number of aliphatic hydroxyl groups excluding tert-OH is 1. The third-order valence-electron chi connectivity index (χ3n) is 3.48. The van der Waals surface area contributed by atoms with Crippen LogP contribution in [0.15, 0.2) is 18.2 Å². The number of nitrogens with zero attached hydrogens (tertiary/aromatic N) is 1. The third kappa shape index (κ3) is 1.86. The van der Waals surface area contributed by atoms with E-state index in [9.17, 15) is 0 Å². The second-order valence-electron chi connectivity index (χ2n) is 4.84. The molecule has 0 radical (unpaired) electrons. The van der Waals surface area contributed by atoms with Gasteiger partial charge in [0.2, 0.25) is 0 Å². The summed E-state index contributed by atoms with van der Waals surface area (Å²) in [4.78, 5) is 2.37. The molecule has 1 fully saturated rings. The maximum absolute atomic E-state index is 8.95. The number of benzene rings is 1. The normalized spacial score (nSPS) is 20.8. The smallest absolute Gasteiger partial charge is 0.0725 e. The molecule has 1 N–H and O–H groups in total. The number of likely N-dealkylation sites (tertiary alicyclic amines) is 1. The molecule has 1 aromatic carbocycles. The minimum atomic E-state index is 0.328. The summed E-state index contributed by atoms with van der Waals surface area (Å²) in [6.07, 6.45) is 0. The van der Waals surface area contributed by atoms with E-state index >= 15 is 0 Å². The highest BCUT2D eigenvalue weighted by atomic mass is 16.5. The lowest BCUT2D eigenvalue weighted by Gasteiger charge is -2.38. The molecule has 0 saturated carbocycles. The molecule has 16 heavy (non-hydrogen) atoms. The lowest BCUT2D eigenvalue weighted by molar-refractivity contribution is 0.0479. The van der Waals surface area contributed by atoms with Crippen molar-refractivity contribution in [1.82, 2.24) is 4.90 Å². The summed E-state index contributed by atoms with van der Waals surface area (Å²) in [5, 5.41) is 8.95. The van der Waals surface area contributed by atoms with Crippen molar-refractivity contribution in [2.75, 3.05) is 19.7 Å². The number of hydrogen-bond donors (Lipinski definition) is 1. The molecule has 1 saturated heterocycles. The van der Waals surface area contributed by atoms with E-state index in [0.29, 0.717) is 12.5 Å². The van der Waals surface area contributed by atoms with E-state index in [1.807, 2.05) is 0 Å². The fourth-order valence-corrected chi connectivity index (χ4v) is 2.50. The molecule has 3 nitrogen and oxygen atoms in total. The van der Waals surface area contributed by atoms with Crippen molar-refractivity contribution in [2.24, 2.45) is 5.92 Å². The molecule has 2 heterocycles. The van der Waals surface area contributed by atoms with Crippen LogP contribution >= 0.6 is 0 Å². The number of aliphatic hydroxyl groups is 1. The Labute approximate surface area is 95.6 Å². The molecule has 3 rings (SSSR count). The van der Waals surface area contributed by atoms with Gasteiger partial charge in [0.25, 0.3) is 0 Å². The van der Waals surface area contributed by atoms with E-state index in [1.54, 1.807) is 0 Å². The highest BCUT2D eigenvalue weighted by Gasteiger charge is 2.25. The summed E-state index contributed by atoms with van der Waals surface area (Å²) in [6.45, 7) is 4.93. The number of fused-ring (bicyclic) bond motifs is 1. The third-order valence-corrected chi connectivity index (χ3v) is 3.48. The van der Waals surface area contributed by atoms with Crippen molar-refractivity contribution >= 4 is 0 Å². The van der Waals surface area contributed by atoms with E-state index in [1.165, 1.54) is 16.7 Å². The molecule has 0 atom stereocenters. The molecule has 2 aliphatic heterocycles. The van der Waals surface area contributed by atoms with Gasteiger partial charge in [0.15, 0.2) is 0 Å². The maximum Gasteiger partial charge on any atom is 0.0725 e. The molecule has 0 amide bonds. The van der Waals surface area contributed by atoms with Crippen LogP contribution in [0.3, 0.4) is 0 Å². The van der Waals surface area contributed by atoms with Gasteiger partial charge < -0.3 is 9.84 Å². The quantitative estimate of drug-likeness (QED) is 0.827. The van der Waals surface area contributed by atoms with Gasteiger partial charge in [-0.05, 0) is 16.7 Å². The van der Waals surface area contributed by atoms with Gasteiger partial charge in [-0.1, -0.05) is 18.2 Å². The van der Waals surface area contributed by atoms with Crippen molar-refractivity contribution in [3.8, 4) is 0 Å². The van der Waals surface area contributed by atoms with E-state index in [-0.39, 0.29) is 0 Å². The first-order chi connectivity index (χ1) is 7.85. The zero-order valence-electron chi connectivity index (χ0n) is 9.35. The Morgan fingerprint density at radius 1 is 1.25 bits per heavy atom. The minimum absolute atomic E-state index is 0.328. The zero-order valence-corrected chi connectivity index (χ0v) is 9.35. The van der Waals surface area contributed by atoms with Gasteiger partial charge in [0.1, 0.15) is 0 Å². The summed E-state index contributed by atoms with van der Waals surface area (Å²) >= 11 is 0. The molecule has 0 spiro atoms. The molecule has 0 bridgehead atoms. The maximum atomic E-state index is 8.95. The predicted octanol–water partition coefficient (Wildman–Crippen LogP) is 1.14. The molecule has 0 aliphatic carbocycles. The Balaban J connectivity index is 1.63. The molecular formula is C13H17NO2. The van der Waals surface area contributed by atoms with Gasteiger partial charge in [-0.2, -0.15) is 0 Å². The van der Waals surface area contributed by atoms with Crippen LogP contribution in [0.5, 0.6) is 0 Å². The minimum Gasteiger partial charge on any atom is -0.396 e.